The third-order valence-corrected chi connectivity index (χ3v) is 1.74. The highest BCUT2D eigenvalue weighted by atomic mass is 18.2. The van der Waals surface area contributed by atoms with Gasteiger partial charge in [0, 0.05) is 0 Å². The maximum atomic E-state index is 12.4. The average molecular weight is 210 g/mol. The molecule has 1 rings (SSSR count). The highest BCUT2D eigenvalue weighted by Crippen LogP contribution is 2.00. The lowest BCUT2D eigenvalue weighted by Crippen LogP contribution is -2.29. The topological polar surface area (TPSA) is 38.3 Å². The van der Waals surface area contributed by atoms with Gasteiger partial charge in [-0.1, -0.05) is 30.3 Å². The third-order valence-electron chi connectivity index (χ3n) is 1.74. The minimum absolute atomic E-state index is 0.0202. The Morgan fingerprint density at radius 2 is 2.13 bits per heavy atom. The maximum absolute atomic E-state index is 12.4. The van der Waals surface area contributed by atoms with Crippen molar-refractivity contribution in [1.29, 1.82) is 0 Å². The van der Waals surface area contributed by atoms with E-state index in [0.29, 0.717) is 0 Å². The number of hydrogen-bond donors (Lipinski definition) is 1. The van der Waals surface area contributed by atoms with Crippen LogP contribution in [0.15, 0.2) is 30.3 Å². The molecule has 3 nitrogen and oxygen atoms in total. The van der Waals surface area contributed by atoms with Crippen LogP contribution in [0.1, 0.15) is 12.5 Å². The van der Waals surface area contributed by atoms with Gasteiger partial charge < -0.3 is 10.1 Å². The Hall–Kier alpha value is -1.58. The van der Waals surface area contributed by atoms with E-state index in [1.54, 1.807) is 0 Å². The van der Waals surface area contributed by atoms with Crippen molar-refractivity contribution in [2.24, 2.45) is 0 Å². The lowest BCUT2D eigenvalue weighted by molar-refractivity contribution is 0.137. The molecular formula is C11H14FNO2. The Kier molecular flexibility index (Phi) is 4.60. The van der Waals surface area contributed by atoms with Gasteiger partial charge in [-0.3, -0.25) is 0 Å². The third kappa shape index (κ3) is 5.00. The molecule has 0 fully saturated rings. The molecule has 0 aliphatic rings. The van der Waals surface area contributed by atoms with Crippen LogP contribution in [-0.2, 0) is 11.3 Å². The van der Waals surface area contributed by atoms with Crippen LogP contribution in [-0.4, -0.2) is 18.8 Å². The molecule has 0 spiro atoms. The molecular weight excluding hydrogens is 196 g/mol. The van der Waals surface area contributed by atoms with Crippen LogP contribution in [0.25, 0.3) is 0 Å². The van der Waals surface area contributed by atoms with Crippen molar-refractivity contribution >= 4 is 6.09 Å². The summed E-state index contributed by atoms with van der Waals surface area (Å²) in [4.78, 5) is 11.0. The zero-order valence-corrected chi connectivity index (χ0v) is 8.57. The molecule has 1 unspecified atom stereocenters. The van der Waals surface area contributed by atoms with Crippen molar-refractivity contribution in [2.45, 2.75) is 19.7 Å². The number of nitrogens with one attached hydrogen (secondary N) is 1. The van der Waals surface area contributed by atoms with Gasteiger partial charge in [-0.15, -0.1) is 0 Å². The van der Waals surface area contributed by atoms with E-state index in [4.69, 9.17) is 4.74 Å². The predicted octanol–water partition coefficient (Wildman–Crippen LogP) is 2.27. The van der Waals surface area contributed by atoms with Gasteiger partial charge in [0.2, 0.25) is 0 Å². The van der Waals surface area contributed by atoms with Gasteiger partial charge in [0.1, 0.15) is 12.8 Å². The van der Waals surface area contributed by atoms with Crippen molar-refractivity contribution < 1.29 is 13.9 Å². The Balaban J connectivity index is 2.23. The second kappa shape index (κ2) is 6.01. The molecule has 0 aliphatic heterocycles. The average Bonchev–Trinajstić information content (AvgIpc) is 2.25. The van der Waals surface area contributed by atoms with Crippen molar-refractivity contribution in [2.75, 3.05) is 6.54 Å². The normalized spacial score (nSPS) is 11.9. The van der Waals surface area contributed by atoms with Crippen molar-refractivity contribution in [3.05, 3.63) is 35.9 Å². The number of benzene rings is 1. The number of rotatable bonds is 4. The van der Waals surface area contributed by atoms with Gasteiger partial charge in [0.05, 0.1) is 6.54 Å². The number of carbonyl (C=O) groups excluding carboxylic acids is 1. The number of halogens is 1. The minimum atomic E-state index is -1.06. The van der Waals surface area contributed by atoms with Gasteiger partial charge in [0.15, 0.2) is 0 Å². The Morgan fingerprint density at radius 3 is 2.73 bits per heavy atom. The molecule has 82 valence electrons. The largest absolute Gasteiger partial charge is 0.445 e. The Labute approximate surface area is 88.2 Å². The summed E-state index contributed by atoms with van der Waals surface area (Å²) in [5.74, 6) is 0. The lowest BCUT2D eigenvalue weighted by atomic mass is 10.2. The first-order chi connectivity index (χ1) is 7.18. The first-order valence-corrected chi connectivity index (χ1v) is 4.77. The highest BCUT2D eigenvalue weighted by Gasteiger charge is 2.04. The number of alkyl carbamates (subject to hydrolysis) is 1. The summed E-state index contributed by atoms with van der Waals surface area (Å²) in [5.41, 5.74) is 0.904. The van der Waals surface area contributed by atoms with Crippen LogP contribution in [0.5, 0.6) is 0 Å². The smallest absolute Gasteiger partial charge is 0.407 e. The van der Waals surface area contributed by atoms with E-state index in [2.05, 4.69) is 5.32 Å². The molecule has 1 aromatic rings. The molecule has 0 heterocycles. The molecule has 1 N–H and O–H groups in total. The molecule has 0 radical (unpaired) electrons. The maximum Gasteiger partial charge on any atom is 0.407 e. The summed E-state index contributed by atoms with van der Waals surface area (Å²) >= 11 is 0. The predicted molar refractivity (Wildman–Crippen MR) is 55.2 cm³/mol. The summed E-state index contributed by atoms with van der Waals surface area (Å²) in [6, 6.07) is 9.31. The number of amides is 1. The summed E-state index contributed by atoms with van der Waals surface area (Å²) in [7, 11) is 0. The Bertz CT molecular complexity index is 301. The van der Waals surface area contributed by atoms with Crippen LogP contribution >= 0.6 is 0 Å². The SMILES string of the molecule is CC([18F])CNC(=O)OCc1ccccc1. The fourth-order valence-corrected chi connectivity index (χ4v) is 0.998. The van der Waals surface area contributed by atoms with Crippen LogP contribution < -0.4 is 5.32 Å². The molecule has 0 saturated heterocycles. The van der Waals surface area contributed by atoms with E-state index in [1.807, 2.05) is 30.3 Å². The second-order valence-electron chi connectivity index (χ2n) is 3.22. The standard InChI is InChI=1S/C11H14FNO2/c1-9(12)7-13-11(14)15-8-10-5-3-2-4-6-10/h2-6,9H,7-8H2,1H3,(H,13,14)/i12-1. The van der Waals surface area contributed by atoms with E-state index >= 15 is 0 Å². The van der Waals surface area contributed by atoms with E-state index in [9.17, 15) is 9.18 Å². The van der Waals surface area contributed by atoms with Gasteiger partial charge in [-0.05, 0) is 12.5 Å². The van der Waals surface area contributed by atoms with E-state index in [1.165, 1.54) is 6.92 Å². The van der Waals surface area contributed by atoms with Crippen LogP contribution in [0, 0.1) is 0 Å². The van der Waals surface area contributed by atoms with E-state index in [0.717, 1.165) is 5.56 Å². The summed E-state index contributed by atoms with van der Waals surface area (Å²) in [6.45, 7) is 1.55. The molecule has 0 saturated carbocycles. The molecule has 0 aliphatic carbocycles. The van der Waals surface area contributed by atoms with E-state index < -0.39 is 12.3 Å². The first-order valence-electron chi connectivity index (χ1n) is 4.77. The summed E-state index contributed by atoms with van der Waals surface area (Å²) in [5, 5.41) is 2.32. The van der Waals surface area contributed by atoms with Crippen molar-refractivity contribution in [3.8, 4) is 0 Å². The lowest BCUT2D eigenvalue weighted by Gasteiger charge is -2.07. The quantitative estimate of drug-likeness (QED) is 0.827. The summed E-state index contributed by atoms with van der Waals surface area (Å²) in [6.07, 6.45) is -1.65. The fraction of sp³-hybridized carbons (Fsp3) is 0.364. The molecule has 4 heteroatoms. The van der Waals surface area contributed by atoms with Gasteiger partial charge in [-0.2, -0.15) is 0 Å². The molecule has 1 amide bonds. The highest BCUT2D eigenvalue weighted by molar-refractivity contribution is 5.67. The summed E-state index contributed by atoms with van der Waals surface area (Å²) < 4.78 is 17.2. The zero-order valence-electron chi connectivity index (χ0n) is 8.57. The van der Waals surface area contributed by atoms with Gasteiger partial charge in [0.25, 0.3) is 0 Å². The minimum Gasteiger partial charge on any atom is -0.445 e. The monoisotopic (exact) mass is 210 g/mol. The first kappa shape index (κ1) is 11.5. The molecule has 0 aromatic heterocycles. The number of carbonyl (C=O) groups is 1. The number of ether oxygens (including phenoxy) is 1. The number of alkyl halides is 1. The van der Waals surface area contributed by atoms with E-state index in [-0.39, 0.29) is 13.2 Å². The second-order valence-corrected chi connectivity index (χ2v) is 3.22. The van der Waals surface area contributed by atoms with Gasteiger partial charge >= 0.3 is 6.09 Å². The van der Waals surface area contributed by atoms with Gasteiger partial charge in [-0.25, -0.2) is 9.18 Å². The van der Waals surface area contributed by atoms with Crippen molar-refractivity contribution in [3.63, 3.8) is 0 Å². The van der Waals surface area contributed by atoms with Crippen LogP contribution in [0.3, 0.4) is 0 Å². The molecule has 1 aromatic carbocycles. The zero-order chi connectivity index (χ0) is 11.1. The van der Waals surface area contributed by atoms with Crippen LogP contribution in [0.4, 0.5) is 9.18 Å². The van der Waals surface area contributed by atoms with Crippen LogP contribution in [0.2, 0.25) is 0 Å². The molecule has 0 bridgehead atoms. The fourth-order valence-electron chi connectivity index (χ4n) is 0.998. The molecule has 15 heavy (non-hydrogen) atoms. The molecule has 1 atom stereocenters. The Morgan fingerprint density at radius 1 is 1.47 bits per heavy atom. The number of hydrogen-bond acceptors (Lipinski definition) is 2. The van der Waals surface area contributed by atoms with Crippen molar-refractivity contribution in [1.82, 2.24) is 5.32 Å².